The molecule has 1 aromatic carbocycles. The molecule has 6 nitrogen and oxygen atoms in total. The van der Waals surface area contributed by atoms with Gasteiger partial charge in [-0.15, -0.1) is 10.2 Å². The molecule has 0 saturated heterocycles. The number of Topliss-reactive ketones (excluding diaryl/α,β-unsaturated/α-hetero) is 1. The van der Waals surface area contributed by atoms with Gasteiger partial charge in [0.05, 0.1) is 19.1 Å². The molecular formula is C17H16FN3O3S. The summed E-state index contributed by atoms with van der Waals surface area (Å²) in [6.07, 6.45) is 1.57. The molecule has 0 radical (unpaired) electrons. The molecule has 0 spiro atoms. The highest BCUT2D eigenvalue weighted by molar-refractivity contribution is 7.99. The number of rotatable bonds is 7. The van der Waals surface area contributed by atoms with Gasteiger partial charge in [0, 0.05) is 12.1 Å². The summed E-state index contributed by atoms with van der Waals surface area (Å²) in [4.78, 5) is 12.3. The molecule has 0 saturated carbocycles. The molecule has 3 aromatic rings. The zero-order chi connectivity index (χ0) is 17.8. The number of ether oxygens (including phenoxy) is 1. The maximum absolute atomic E-state index is 13.7. The van der Waals surface area contributed by atoms with E-state index < -0.39 is 5.82 Å². The number of hydrogen-bond donors (Lipinski definition) is 0. The quantitative estimate of drug-likeness (QED) is 0.472. The number of aromatic nitrogens is 3. The highest BCUT2D eigenvalue weighted by Crippen LogP contribution is 2.25. The number of halogens is 1. The van der Waals surface area contributed by atoms with Crippen LogP contribution in [0, 0.1) is 5.82 Å². The van der Waals surface area contributed by atoms with Gasteiger partial charge >= 0.3 is 0 Å². The van der Waals surface area contributed by atoms with Crippen molar-refractivity contribution < 1.29 is 18.3 Å². The normalized spacial score (nSPS) is 10.8. The molecule has 8 heteroatoms. The Bertz CT molecular complexity index is 877. The van der Waals surface area contributed by atoms with Crippen molar-refractivity contribution in [2.45, 2.75) is 18.6 Å². The molecule has 3 rings (SSSR count). The Labute approximate surface area is 148 Å². The minimum absolute atomic E-state index is 0.109. The lowest BCUT2D eigenvalue weighted by molar-refractivity contribution is 0.102. The van der Waals surface area contributed by atoms with Crippen LogP contribution in [0.5, 0.6) is 5.75 Å². The second kappa shape index (κ2) is 7.52. The van der Waals surface area contributed by atoms with Crippen LogP contribution >= 0.6 is 11.8 Å². The lowest BCUT2D eigenvalue weighted by Crippen LogP contribution is -2.06. The average molecular weight is 361 g/mol. The number of ketones is 1. The molecule has 0 aliphatic heterocycles. The van der Waals surface area contributed by atoms with E-state index in [0.717, 1.165) is 0 Å². The average Bonchev–Trinajstić information content (AvgIpc) is 3.28. The first-order valence-corrected chi connectivity index (χ1v) is 8.59. The van der Waals surface area contributed by atoms with Crippen LogP contribution in [0.3, 0.4) is 0 Å². The number of furan rings is 1. The van der Waals surface area contributed by atoms with E-state index in [0.29, 0.717) is 28.8 Å². The zero-order valence-electron chi connectivity index (χ0n) is 13.7. The van der Waals surface area contributed by atoms with E-state index >= 15 is 0 Å². The lowest BCUT2D eigenvalue weighted by Gasteiger charge is -2.06. The van der Waals surface area contributed by atoms with Crippen LogP contribution in [0.1, 0.15) is 17.3 Å². The van der Waals surface area contributed by atoms with Gasteiger partial charge in [0.25, 0.3) is 0 Å². The Morgan fingerprint density at radius 1 is 1.36 bits per heavy atom. The number of nitrogens with zero attached hydrogens (tertiary/aromatic N) is 3. The monoisotopic (exact) mass is 361 g/mol. The van der Waals surface area contributed by atoms with Gasteiger partial charge in [0.15, 0.2) is 34.1 Å². The minimum Gasteiger partial charge on any atom is -0.494 e. The fourth-order valence-corrected chi connectivity index (χ4v) is 3.22. The van der Waals surface area contributed by atoms with Crippen LogP contribution < -0.4 is 4.74 Å². The van der Waals surface area contributed by atoms with Crippen molar-refractivity contribution in [2.24, 2.45) is 0 Å². The fraction of sp³-hybridized carbons (Fsp3) is 0.235. The lowest BCUT2D eigenvalue weighted by atomic mass is 10.1. The molecule has 0 fully saturated rings. The van der Waals surface area contributed by atoms with E-state index in [2.05, 4.69) is 10.2 Å². The predicted molar refractivity (Wildman–Crippen MR) is 91.4 cm³/mol. The van der Waals surface area contributed by atoms with Crippen LogP contribution in [0.15, 0.2) is 46.2 Å². The number of methoxy groups -OCH3 is 1. The first kappa shape index (κ1) is 17.2. The van der Waals surface area contributed by atoms with Crippen LogP contribution in [0.2, 0.25) is 0 Å². The molecule has 0 atom stereocenters. The predicted octanol–water partition coefficient (Wildman–Crippen LogP) is 3.68. The fourth-order valence-electron chi connectivity index (χ4n) is 2.32. The Morgan fingerprint density at radius 3 is 2.84 bits per heavy atom. The van der Waals surface area contributed by atoms with E-state index in [-0.39, 0.29) is 17.3 Å². The third-order valence-electron chi connectivity index (χ3n) is 3.58. The first-order chi connectivity index (χ1) is 12.1. The first-order valence-electron chi connectivity index (χ1n) is 7.60. The standard InChI is InChI=1S/C17H16FN3O3S/c1-3-21-16(15-5-4-8-24-15)19-20-17(21)25-10-13(22)11-6-7-14(23-2)12(18)9-11/h4-9H,3,10H2,1-2H3. The smallest absolute Gasteiger partial charge is 0.200 e. The van der Waals surface area contributed by atoms with Gasteiger partial charge in [-0.2, -0.15) is 0 Å². The van der Waals surface area contributed by atoms with Gasteiger partial charge in [-0.3, -0.25) is 9.36 Å². The Hall–Kier alpha value is -2.61. The van der Waals surface area contributed by atoms with E-state index in [1.165, 1.54) is 31.0 Å². The Balaban J connectivity index is 1.73. The molecule has 0 N–H and O–H groups in total. The summed E-state index contributed by atoms with van der Waals surface area (Å²) >= 11 is 1.25. The highest BCUT2D eigenvalue weighted by Gasteiger charge is 2.17. The second-order valence-corrected chi connectivity index (χ2v) is 6.03. The summed E-state index contributed by atoms with van der Waals surface area (Å²) < 4.78 is 25.8. The summed E-state index contributed by atoms with van der Waals surface area (Å²) in [5.74, 6) is 0.704. The van der Waals surface area contributed by atoms with Crippen LogP contribution in [-0.4, -0.2) is 33.4 Å². The van der Waals surface area contributed by atoms with Crippen molar-refractivity contribution in [3.05, 3.63) is 48.0 Å². The van der Waals surface area contributed by atoms with Gasteiger partial charge in [-0.05, 0) is 37.3 Å². The SMILES string of the molecule is CCn1c(SCC(=O)c2ccc(OC)c(F)c2)nnc1-c1ccco1. The largest absolute Gasteiger partial charge is 0.494 e. The van der Waals surface area contributed by atoms with E-state index in [1.54, 1.807) is 24.5 Å². The Morgan fingerprint density at radius 2 is 2.20 bits per heavy atom. The van der Waals surface area contributed by atoms with E-state index in [9.17, 15) is 9.18 Å². The summed E-state index contributed by atoms with van der Waals surface area (Å²) in [5.41, 5.74) is 0.291. The maximum Gasteiger partial charge on any atom is 0.200 e. The van der Waals surface area contributed by atoms with Crippen molar-refractivity contribution in [1.29, 1.82) is 0 Å². The molecule has 0 amide bonds. The molecule has 2 heterocycles. The number of thioether (sulfide) groups is 1. The zero-order valence-corrected chi connectivity index (χ0v) is 14.5. The molecule has 0 unspecified atom stereocenters. The number of hydrogen-bond acceptors (Lipinski definition) is 6. The molecule has 2 aromatic heterocycles. The van der Waals surface area contributed by atoms with Crippen molar-refractivity contribution in [3.63, 3.8) is 0 Å². The minimum atomic E-state index is -0.560. The number of carbonyl (C=O) groups excluding carboxylic acids is 1. The molecule has 25 heavy (non-hydrogen) atoms. The van der Waals surface area contributed by atoms with Gasteiger partial charge in [0.1, 0.15) is 0 Å². The van der Waals surface area contributed by atoms with Crippen molar-refractivity contribution in [1.82, 2.24) is 14.8 Å². The van der Waals surface area contributed by atoms with Crippen molar-refractivity contribution >= 4 is 17.5 Å². The summed E-state index contributed by atoms with van der Waals surface area (Å²) in [6.45, 7) is 2.59. The second-order valence-electron chi connectivity index (χ2n) is 5.09. The van der Waals surface area contributed by atoms with E-state index in [4.69, 9.17) is 9.15 Å². The third-order valence-corrected chi connectivity index (χ3v) is 4.55. The maximum atomic E-state index is 13.7. The molecule has 0 bridgehead atoms. The third kappa shape index (κ3) is 3.58. The molecule has 130 valence electrons. The molecule has 0 aliphatic carbocycles. The Kier molecular flexibility index (Phi) is 5.18. The number of carbonyl (C=O) groups is 1. The van der Waals surface area contributed by atoms with Crippen LogP contribution in [0.25, 0.3) is 11.6 Å². The van der Waals surface area contributed by atoms with Gasteiger partial charge in [0.2, 0.25) is 0 Å². The summed E-state index contributed by atoms with van der Waals surface area (Å²) in [7, 11) is 1.38. The molecule has 0 aliphatic rings. The van der Waals surface area contributed by atoms with Crippen LogP contribution in [0.4, 0.5) is 4.39 Å². The number of benzene rings is 1. The van der Waals surface area contributed by atoms with Gasteiger partial charge in [-0.25, -0.2) is 4.39 Å². The highest BCUT2D eigenvalue weighted by atomic mass is 32.2. The van der Waals surface area contributed by atoms with Crippen molar-refractivity contribution in [2.75, 3.05) is 12.9 Å². The molecular weight excluding hydrogens is 345 g/mol. The van der Waals surface area contributed by atoms with Gasteiger partial charge < -0.3 is 9.15 Å². The summed E-state index contributed by atoms with van der Waals surface area (Å²) in [6, 6.07) is 7.75. The summed E-state index contributed by atoms with van der Waals surface area (Å²) in [5, 5.41) is 8.86. The van der Waals surface area contributed by atoms with Crippen LogP contribution in [-0.2, 0) is 6.54 Å². The van der Waals surface area contributed by atoms with Gasteiger partial charge in [-0.1, -0.05) is 11.8 Å². The topological polar surface area (TPSA) is 70.2 Å². The van der Waals surface area contributed by atoms with Crippen molar-refractivity contribution in [3.8, 4) is 17.3 Å². The van der Waals surface area contributed by atoms with E-state index in [1.807, 2.05) is 11.5 Å².